The van der Waals surface area contributed by atoms with Crippen LogP contribution in [0.1, 0.15) is 25.3 Å². The van der Waals surface area contributed by atoms with Crippen molar-refractivity contribution in [1.29, 1.82) is 0 Å². The number of hydrogen-bond donors (Lipinski definition) is 1. The first-order valence-electron chi connectivity index (χ1n) is 7.52. The third-order valence-electron chi connectivity index (χ3n) is 3.84. The molecule has 0 radical (unpaired) electrons. The molecule has 4 nitrogen and oxygen atoms in total. The van der Waals surface area contributed by atoms with Gasteiger partial charge in [-0.3, -0.25) is 9.67 Å². The number of benzene rings is 2. The highest BCUT2D eigenvalue weighted by Gasteiger charge is 2.11. The lowest BCUT2D eigenvalue weighted by Gasteiger charge is -2.10. The van der Waals surface area contributed by atoms with Crippen LogP contribution in [0.5, 0.6) is 5.75 Å². The monoisotopic (exact) mass is 325 g/mol. The van der Waals surface area contributed by atoms with E-state index in [1.807, 2.05) is 28.8 Å². The summed E-state index contributed by atoms with van der Waals surface area (Å²) < 4.78 is 7.73. The molecule has 0 aliphatic heterocycles. The molecule has 0 aliphatic carbocycles. The van der Waals surface area contributed by atoms with E-state index in [0.29, 0.717) is 10.7 Å². The molecule has 5 heteroatoms. The van der Waals surface area contributed by atoms with E-state index < -0.39 is 0 Å². The van der Waals surface area contributed by atoms with Crippen molar-refractivity contribution in [3.05, 3.63) is 58.9 Å². The second-order valence-electron chi connectivity index (χ2n) is 5.66. The zero-order valence-corrected chi connectivity index (χ0v) is 14.2. The Morgan fingerprint density at radius 2 is 1.70 bits per heavy atom. The molecular formula is C18H19N3OS. The average Bonchev–Trinajstić information content (AvgIpc) is 2.96. The minimum Gasteiger partial charge on any atom is -0.497 e. The van der Waals surface area contributed by atoms with Gasteiger partial charge in [-0.15, -0.1) is 0 Å². The maximum absolute atomic E-state index is 5.41. The summed E-state index contributed by atoms with van der Waals surface area (Å²) in [5.41, 5.74) is 3.28. The van der Waals surface area contributed by atoms with Crippen molar-refractivity contribution in [1.82, 2.24) is 14.8 Å². The molecule has 3 rings (SSSR count). The number of ether oxygens (including phenoxy) is 1. The quantitative estimate of drug-likeness (QED) is 0.705. The van der Waals surface area contributed by atoms with E-state index in [4.69, 9.17) is 17.0 Å². The molecule has 0 fully saturated rings. The van der Waals surface area contributed by atoms with Gasteiger partial charge in [0.05, 0.1) is 7.11 Å². The van der Waals surface area contributed by atoms with Crippen LogP contribution in [-0.2, 0) is 0 Å². The molecular weight excluding hydrogens is 306 g/mol. The highest BCUT2D eigenvalue weighted by molar-refractivity contribution is 7.71. The number of aromatic amines is 1. The number of H-pyrrole nitrogens is 1. The Hall–Kier alpha value is -2.40. The SMILES string of the molecule is COc1ccc(-c2n[nH]c(=S)n2-c2ccc(C(C)C)cc2)cc1. The van der Waals surface area contributed by atoms with Gasteiger partial charge in [-0.1, -0.05) is 26.0 Å². The standard InChI is InChI=1S/C18H19N3OS/c1-12(2)13-4-8-15(9-5-13)21-17(19-20-18(21)23)14-6-10-16(22-3)11-7-14/h4-12H,1-3H3,(H,20,23). The van der Waals surface area contributed by atoms with Crippen molar-refractivity contribution in [2.75, 3.05) is 7.11 Å². The summed E-state index contributed by atoms with van der Waals surface area (Å²) in [6, 6.07) is 16.2. The van der Waals surface area contributed by atoms with Crippen molar-refractivity contribution in [2.45, 2.75) is 19.8 Å². The van der Waals surface area contributed by atoms with Gasteiger partial charge in [0.15, 0.2) is 10.6 Å². The Balaban J connectivity index is 2.06. The normalized spacial score (nSPS) is 11.0. The van der Waals surface area contributed by atoms with Crippen LogP contribution in [0.25, 0.3) is 17.1 Å². The van der Waals surface area contributed by atoms with Crippen LogP contribution in [-0.4, -0.2) is 21.9 Å². The topological polar surface area (TPSA) is 42.8 Å². The van der Waals surface area contributed by atoms with Gasteiger partial charge in [-0.05, 0) is 60.1 Å². The summed E-state index contributed by atoms with van der Waals surface area (Å²) in [7, 11) is 1.65. The van der Waals surface area contributed by atoms with Gasteiger partial charge in [0.2, 0.25) is 0 Å². The lowest BCUT2D eigenvalue weighted by molar-refractivity contribution is 0.415. The Kier molecular flexibility index (Phi) is 4.30. The number of rotatable bonds is 4. The van der Waals surface area contributed by atoms with Crippen molar-refractivity contribution in [3.63, 3.8) is 0 Å². The van der Waals surface area contributed by atoms with Crippen LogP contribution >= 0.6 is 12.2 Å². The zero-order valence-electron chi connectivity index (χ0n) is 13.4. The van der Waals surface area contributed by atoms with Gasteiger partial charge in [-0.25, -0.2) is 0 Å². The Bertz CT molecular complexity index is 845. The summed E-state index contributed by atoms with van der Waals surface area (Å²) in [6.07, 6.45) is 0. The van der Waals surface area contributed by atoms with Crippen LogP contribution in [0.2, 0.25) is 0 Å². The summed E-state index contributed by atoms with van der Waals surface area (Å²) in [6.45, 7) is 4.36. The Morgan fingerprint density at radius 3 is 2.26 bits per heavy atom. The van der Waals surface area contributed by atoms with Crippen LogP contribution in [0.3, 0.4) is 0 Å². The second kappa shape index (κ2) is 6.38. The number of nitrogens with zero attached hydrogens (tertiary/aromatic N) is 2. The smallest absolute Gasteiger partial charge is 0.200 e. The van der Waals surface area contributed by atoms with Gasteiger partial charge in [-0.2, -0.15) is 5.10 Å². The van der Waals surface area contributed by atoms with Gasteiger partial charge < -0.3 is 4.74 Å². The first kappa shape index (κ1) is 15.5. The van der Waals surface area contributed by atoms with E-state index in [-0.39, 0.29) is 0 Å². The van der Waals surface area contributed by atoms with E-state index in [9.17, 15) is 0 Å². The van der Waals surface area contributed by atoms with Gasteiger partial charge >= 0.3 is 0 Å². The van der Waals surface area contributed by atoms with E-state index in [0.717, 1.165) is 22.8 Å². The maximum atomic E-state index is 5.41. The molecule has 0 aliphatic rings. The Labute approximate surface area is 140 Å². The first-order valence-corrected chi connectivity index (χ1v) is 7.93. The molecule has 118 valence electrons. The van der Waals surface area contributed by atoms with Crippen LogP contribution in [0.15, 0.2) is 48.5 Å². The summed E-state index contributed by atoms with van der Waals surface area (Å²) in [5.74, 6) is 2.10. The third kappa shape index (κ3) is 3.05. The number of nitrogens with one attached hydrogen (secondary N) is 1. The number of aromatic nitrogens is 3. The fraction of sp³-hybridized carbons (Fsp3) is 0.222. The molecule has 0 bridgehead atoms. The largest absolute Gasteiger partial charge is 0.497 e. The van der Waals surface area contributed by atoms with E-state index in [1.54, 1.807) is 7.11 Å². The molecule has 1 heterocycles. The zero-order chi connectivity index (χ0) is 16.4. The first-order chi connectivity index (χ1) is 11.1. The molecule has 23 heavy (non-hydrogen) atoms. The number of hydrogen-bond acceptors (Lipinski definition) is 3. The maximum Gasteiger partial charge on any atom is 0.200 e. The second-order valence-corrected chi connectivity index (χ2v) is 6.05. The van der Waals surface area contributed by atoms with Crippen molar-refractivity contribution >= 4 is 12.2 Å². The lowest BCUT2D eigenvalue weighted by atomic mass is 10.0. The predicted molar refractivity (Wildman–Crippen MR) is 94.8 cm³/mol. The average molecular weight is 325 g/mol. The molecule has 0 unspecified atom stereocenters. The van der Waals surface area contributed by atoms with Gasteiger partial charge in [0.25, 0.3) is 0 Å². The molecule has 0 spiro atoms. The molecule has 2 aromatic carbocycles. The van der Waals surface area contributed by atoms with Crippen LogP contribution < -0.4 is 4.74 Å². The molecule has 0 atom stereocenters. The molecule has 0 saturated heterocycles. The Morgan fingerprint density at radius 1 is 1.04 bits per heavy atom. The lowest BCUT2D eigenvalue weighted by Crippen LogP contribution is -1.98. The van der Waals surface area contributed by atoms with E-state index in [2.05, 4.69) is 48.3 Å². The minimum atomic E-state index is 0.502. The fourth-order valence-electron chi connectivity index (χ4n) is 2.48. The van der Waals surface area contributed by atoms with Crippen molar-refractivity contribution in [2.24, 2.45) is 0 Å². The van der Waals surface area contributed by atoms with Crippen LogP contribution in [0, 0.1) is 4.77 Å². The molecule has 3 aromatic rings. The molecule has 1 N–H and O–H groups in total. The molecule has 0 amide bonds. The van der Waals surface area contributed by atoms with Crippen LogP contribution in [0.4, 0.5) is 0 Å². The van der Waals surface area contributed by atoms with E-state index in [1.165, 1.54) is 5.56 Å². The fourth-order valence-corrected chi connectivity index (χ4v) is 2.72. The predicted octanol–water partition coefficient (Wildman–Crippen LogP) is 4.73. The summed E-state index contributed by atoms with van der Waals surface area (Å²) in [4.78, 5) is 0. The van der Waals surface area contributed by atoms with Gasteiger partial charge in [0.1, 0.15) is 5.75 Å². The third-order valence-corrected chi connectivity index (χ3v) is 4.11. The van der Waals surface area contributed by atoms with E-state index >= 15 is 0 Å². The molecule has 1 aromatic heterocycles. The summed E-state index contributed by atoms with van der Waals surface area (Å²) in [5, 5.41) is 7.27. The molecule has 0 saturated carbocycles. The van der Waals surface area contributed by atoms with Gasteiger partial charge in [0, 0.05) is 11.3 Å². The highest BCUT2D eigenvalue weighted by Crippen LogP contribution is 2.24. The van der Waals surface area contributed by atoms with Crippen molar-refractivity contribution < 1.29 is 4.74 Å². The number of methoxy groups -OCH3 is 1. The minimum absolute atomic E-state index is 0.502. The summed E-state index contributed by atoms with van der Waals surface area (Å²) >= 11 is 5.41. The highest BCUT2D eigenvalue weighted by atomic mass is 32.1. The van der Waals surface area contributed by atoms with Crippen molar-refractivity contribution in [3.8, 4) is 22.8 Å².